The predicted octanol–water partition coefficient (Wildman–Crippen LogP) is 4.74. The van der Waals surface area contributed by atoms with Crippen LogP contribution in [-0.4, -0.2) is 22.1 Å². The Morgan fingerprint density at radius 1 is 1.04 bits per heavy atom. The highest BCUT2D eigenvalue weighted by Crippen LogP contribution is 2.66. The minimum Gasteiger partial charge on any atom is -0.300 e. The van der Waals surface area contributed by atoms with Gasteiger partial charge in [0, 0.05) is 12.3 Å². The van der Waals surface area contributed by atoms with Crippen molar-refractivity contribution in [3.05, 3.63) is 11.6 Å². The summed E-state index contributed by atoms with van der Waals surface area (Å²) in [4.78, 5) is 24.0. The molecule has 0 amide bonds. The zero-order chi connectivity index (χ0) is 18.4. The number of carbonyl (C=O) groups excluding carboxylic acids is 2. The van der Waals surface area contributed by atoms with Crippen LogP contribution in [0, 0.1) is 34.5 Å². The van der Waals surface area contributed by atoms with Gasteiger partial charge < -0.3 is 0 Å². The SMILES string of the molecule is CC(=O)[C@H]1CC[C@H]2[C@@H]3CCC4=CC(=O)CC[C@]4(C)[C@H]3CC[C@]12C.OO. The molecular weight excluding hydrogens is 316 g/mol. The Bertz CT molecular complexity index is 595. The molecule has 0 heterocycles. The van der Waals surface area contributed by atoms with E-state index in [-0.39, 0.29) is 10.8 Å². The van der Waals surface area contributed by atoms with Crippen LogP contribution in [0.5, 0.6) is 0 Å². The molecule has 0 bridgehead atoms. The van der Waals surface area contributed by atoms with Crippen molar-refractivity contribution in [1.82, 2.24) is 0 Å². The van der Waals surface area contributed by atoms with Crippen LogP contribution in [0.1, 0.15) is 72.1 Å². The average molecular weight is 348 g/mol. The highest BCUT2D eigenvalue weighted by molar-refractivity contribution is 5.91. The maximum atomic E-state index is 12.1. The molecule has 4 aliphatic carbocycles. The molecule has 6 atom stereocenters. The third-order valence-corrected chi connectivity index (χ3v) is 8.45. The quantitative estimate of drug-likeness (QED) is 0.530. The van der Waals surface area contributed by atoms with Gasteiger partial charge in [0.05, 0.1) is 0 Å². The van der Waals surface area contributed by atoms with Gasteiger partial charge in [0.15, 0.2) is 5.78 Å². The highest BCUT2D eigenvalue weighted by Gasteiger charge is 2.59. The number of ketones is 2. The summed E-state index contributed by atoms with van der Waals surface area (Å²) in [6.45, 7) is 6.65. The largest absolute Gasteiger partial charge is 0.300 e. The lowest BCUT2D eigenvalue weighted by molar-refractivity contribution is -0.176. The van der Waals surface area contributed by atoms with E-state index >= 15 is 0 Å². The monoisotopic (exact) mass is 348 g/mol. The van der Waals surface area contributed by atoms with Crippen LogP contribution < -0.4 is 0 Å². The summed E-state index contributed by atoms with van der Waals surface area (Å²) < 4.78 is 0. The van der Waals surface area contributed by atoms with Gasteiger partial charge in [0.1, 0.15) is 5.78 Å². The van der Waals surface area contributed by atoms with Crippen molar-refractivity contribution in [1.29, 1.82) is 0 Å². The Morgan fingerprint density at radius 3 is 2.44 bits per heavy atom. The zero-order valence-electron chi connectivity index (χ0n) is 15.8. The second kappa shape index (κ2) is 6.62. The van der Waals surface area contributed by atoms with Crippen LogP contribution in [-0.2, 0) is 9.59 Å². The van der Waals surface area contributed by atoms with E-state index < -0.39 is 0 Å². The Kier molecular flexibility index (Phi) is 4.97. The van der Waals surface area contributed by atoms with Crippen LogP contribution in [0.4, 0.5) is 0 Å². The number of carbonyl (C=O) groups is 2. The van der Waals surface area contributed by atoms with Crippen LogP contribution in [0.15, 0.2) is 11.6 Å². The molecule has 0 aromatic heterocycles. The number of rotatable bonds is 1. The molecule has 140 valence electrons. The molecule has 4 heteroatoms. The van der Waals surface area contributed by atoms with Crippen molar-refractivity contribution in [3.8, 4) is 0 Å². The second-order valence-electron chi connectivity index (χ2n) is 9.25. The van der Waals surface area contributed by atoms with E-state index in [4.69, 9.17) is 10.5 Å². The highest BCUT2D eigenvalue weighted by atomic mass is 17.0. The molecule has 0 saturated heterocycles. The molecular formula is C21H32O4. The van der Waals surface area contributed by atoms with Crippen molar-refractivity contribution in [2.75, 3.05) is 0 Å². The number of allylic oxidation sites excluding steroid dienone is 1. The van der Waals surface area contributed by atoms with Gasteiger partial charge in [-0.25, -0.2) is 0 Å². The molecule has 0 unspecified atom stereocenters. The normalized spacial score (nSPS) is 45.3. The fourth-order valence-corrected chi connectivity index (χ4v) is 7.23. The van der Waals surface area contributed by atoms with Gasteiger partial charge in [-0.05, 0) is 86.5 Å². The fraction of sp³-hybridized carbons (Fsp3) is 0.810. The molecule has 0 aromatic carbocycles. The van der Waals surface area contributed by atoms with E-state index in [1.54, 1.807) is 6.92 Å². The van der Waals surface area contributed by atoms with E-state index in [9.17, 15) is 9.59 Å². The van der Waals surface area contributed by atoms with Gasteiger partial charge in [-0.2, -0.15) is 0 Å². The molecule has 3 fully saturated rings. The number of hydrogen-bond donors (Lipinski definition) is 2. The van der Waals surface area contributed by atoms with Gasteiger partial charge in [0.25, 0.3) is 0 Å². The van der Waals surface area contributed by atoms with Gasteiger partial charge in [-0.3, -0.25) is 20.1 Å². The van der Waals surface area contributed by atoms with Crippen molar-refractivity contribution in [2.24, 2.45) is 34.5 Å². The van der Waals surface area contributed by atoms with Gasteiger partial charge in [-0.1, -0.05) is 19.4 Å². The van der Waals surface area contributed by atoms with Crippen LogP contribution in [0.25, 0.3) is 0 Å². The standard InChI is InChI=1S/C21H30O2.H2O2/c1-13(22)17-6-7-18-16-5-4-14-12-15(23)8-10-20(14,2)19(16)9-11-21(17,18)3;1-2/h12,16-19H,4-11H2,1-3H3;1-2H/t16-,17+,18-,19-,20-,21+;/m0./s1. The maximum Gasteiger partial charge on any atom is 0.155 e. The molecule has 25 heavy (non-hydrogen) atoms. The maximum absolute atomic E-state index is 12.1. The number of Topliss-reactive ketones (excluding diaryl/α,β-unsaturated/α-hetero) is 1. The van der Waals surface area contributed by atoms with E-state index in [0.717, 1.165) is 43.4 Å². The topological polar surface area (TPSA) is 74.6 Å². The summed E-state index contributed by atoms with van der Waals surface area (Å²) in [5.74, 6) is 3.29. The lowest BCUT2D eigenvalue weighted by Crippen LogP contribution is -2.51. The molecule has 0 aromatic rings. The molecule has 0 spiro atoms. The van der Waals surface area contributed by atoms with Crippen molar-refractivity contribution < 1.29 is 20.1 Å². The summed E-state index contributed by atoms with van der Waals surface area (Å²) in [7, 11) is 0. The minimum absolute atomic E-state index is 0.245. The summed E-state index contributed by atoms with van der Waals surface area (Å²) in [6, 6.07) is 0. The Balaban J connectivity index is 0.000000880. The molecule has 0 aliphatic heterocycles. The summed E-state index contributed by atoms with van der Waals surface area (Å²) >= 11 is 0. The lowest BCUT2D eigenvalue weighted by Gasteiger charge is -2.58. The van der Waals surface area contributed by atoms with Gasteiger partial charge in [-0.15, -0.1) is 0 Å². The molecule has 4 nitrogen and oxygen atoms in total. The Labute approximate surface area is 150 Å². The van der Waals surface area contributed by atoms with E-state index in [1.807, 2.05) is 6.08 Å². The third kappa shape index (κ3) is 2.73. The first-order chi connectivity index (χ1) is 11.9. The van der Waals surface area contributed by atoms with E-state index in [0.29, 0.717) is 17.5 Å². The van der Waals surface area contributed by atoms with Crippen molar-refractivity contribution in [3.63, 3.8) is 0 Å². The fourth-order valence-electron chi connectivity index (χ4n) is 7.23. The summed E-state index contributed by atoms with van der Waals surface area (Å²) in [5, 5.41) is 12.0. The Morgan fingerprint density at radius 2 is 1.76 bits per heavy atom. The third-order valence-electron chi connectivity index (χ3n) is 8.45. The smallest absolute Gasteiger partial charge is 0.155 e. The minimum atomic E-state index is 0.245. The second-order valence-corrected chi connectivity index (χ2v) is 9.25. The molecule has 4 aliphatic rings. The summed E-state index contributed by atoms with van der Waals surface area (Å²) in [5.41, 5.74) is 1.95. The average Bonchev–Trinajstić information content (AvgIpc) is 2.95. The van der Waals surface area contributed by atoms with Crippen molar-refractivity contribution in [2.45, 2.75) is 72.1 Å². The zero-order valence-corrected chi connectivity index (χ0v) is 15.8. The van der Waals surface area contributed by atoms with Crippen LogP contribution >= 0.6 is 0 Å². The van der Waals surface area contributed by atoms with Crippen molar-refractivity contribution >= 4 is 11.6 Å². The van der Waals surface area contributed by atoms with Crippen LogP contribution in [0.3, 0.4) is 0 Å². The molecule has 3 saturated carbocycles. The first kappa shape index (κ1) is 18.8. The molecule has 0 radical (unpaired) electrons. The van der Waals surface area contributed by atoms with Crippen LogP contribution in [0.2, 0.25) is 0 Å². The lowest BCUT2D eigenvalue weighted by atomic mass is 9.47. The number of fused-ring (bicyclic) bond motifs is 5. The van der Waals surface area contributed by atoms with Gasteiger partial charge in [0.2, 0.25) is 0 Å². The number of hydrogen-bond acceptors (Lipinski definition) is 4. The van der Waals surface area contributed by atoms with E-state index in [2.05, 4.69) is 13.8 Å². The van der Waals surface area contributed by atoms with E-state index in [1.165, 1.54) is 31.3 Å². The molecule has 2 N–H and O–H groups in total. The predicted molar refractivity (Wildman–Crippen MR) is 96.1 cm³/mol. The Hall–Kier alpha value is -1.00. The van der Waals surface area contributed by atoms with Gasteiger partial charge >= 0.3 is 0 Å². The molecule has 4 rings (SSSR count). The first-order valence-corrected chi connectivity index (χ1v) is 9.80. The first-order valence-electron chi connectivity index (χ1n) is 9.80. The summed E-state index contributed by atoms with van der Waals surface area (Å²) in [6.07, 6.45) is 10.9.